The summed E-state index contributed by atoms with van der Waals surface area (Å²) in [5, 5.41) is 12.0. The summed E-state index contributed by atoms with van der Waals surface area (Å²) < 4.78 is 0. The summed E-state index contributed by atoms with van der Waals surface area (Å²) in [6.07, 6.45) is 2.40. The van der Waals surface area contributed by atoms with Crippen LogP contribution in [0.2, 0.25) is 0 Å². The zero-order chi connectivity index (χ0) is 15.7. The molecule has 0 spiro atoms. The summed E-state index contributed by atoms with van der Waals surface area (Å²) in [7, 11) is 0. The Morgan fingerprint density at radius 2 is 2.18 bits per heavy atom. The Hall–Kier alpha value is -2.13. The molecule has 1 aliphatic rings. The quantitative estimate of drug-likeness (QED) is 0.925. The van der Waals surface area contributed by atoms with Gasteiger partial charge in [0.2, 0.25) is 0 Å². The molecule has 3 rings (SSSR count). The van der Waals surface area contributed by atoms with Crippen LogP contribution in [0.25, 0.3) is 11.3 Å². The van der Waals surface area contributed by atoms with E-state index in [-0.39, 0.29) is 11.1 Å². The van der Waals surface area contributed by atoms with Gasteiger partial charge in [0, 0.05) is 29.7 Å². The van der Waals surface area contributed by atoms with Crippen molar-refractivity contribution in [3.05, 3.63) is 33.1 Å². The molecule has 0 unspecified atom stereocenters. The highest BCUT2D eigenvalue weighted by Crippen LogP contribution is 2.31. The molecule has 114 valence electrons. The second kappa shape index (κ2) is 5.93. The van der Waals surface area contributed by atoms with Crippen LogP contribution in [0.15, 0.2) is 16.2 Å². The molecule has 0 atom stereocenters. The van der Waals surface area contributed by atoms with Gasteiger partial charge >= 0.3 is 0 Å². The van der Waals surface area contributed by atoms with E-state index in [1.165, 1.54) is 12.8 Å². The van der Waals surface area contributed by atoms with Crippen molar-refractivity contribution in [1.29, 1.82) is 5.26 Å². The topological polar surface area (TPSA) is 72.8 Å². The Morgan fingerprint density at radius 3 is 2.86 bits per heavy atom. The molecule has 0 saturated carbocycles. The van der Waals surface area contributed by atoms with Crippen LogP contribution >= 0.6 is 11.3 Å². The number of anilines is 1. The standard InChI is InChI=1S/C16H18N4OS/c1-10-3-5-20(6-4-10)16-19-14(9-22-16)13-7-12(8-17)15(21)18-11(13)2/h7,9-10H,3-6H2,1-2H3,(H,18,21). The van der Waals surface area contributed by atoms with Crippen LogP contribution in [-0.2, 0) is 0 Å². The Morgan fingerprint density at radius 1 is 1.45 bits per heavy atom. The van der Waals surface area contributed by atoms with Gasteiger partial charge in [0.15, 0.2) is 5.13 Å². The summed E-state index contributed by atoms with van der Waals surface area (Å²) in [5.41, 5.74) is 2.17. The van der Waals surface area contributed by atoms with Gasteiger partial charge in [-0.15, -0.1) is 11.3 Å². The number of nitrogens with one attached hydrogen (secondary N) is 1. The van der Waals surface area contributed by atoms with Crippen molar-refractivity contribution in [2.45, 2.75) is 26.7 Å². The van der Waals surface area contributed by atoms with Crippen LogP contribution in [0.1, 0.15) is 31.0 Å². The zero-order valence-electron chi connectivity index (χ0n) is 12.7. The van der Waals surface area contributed by atoms with E-state index in [0.29, 0.717) is 0 Å². The average Bonchev–Trinajstić information content (AvgIpc) is 2.98. The number of hydrogen-bond donors (Lipinski definition) is 1. The van der Waals surface area contributed by atoms with Crippen LogP contribution in [0, 0.1) is 24.2 Å². The lowest BCUT2D eigenvalue weighted by atomic mass is 10.00. The smallest absolute Gasteiger partial charge is 0.266 e. The van der Waals surface area contributed by atoms with E-state index in [2.05, 4.69) is 16.8 Å². The van der Waals surface area contributed by atoms with Crippen LogP contribution in [0.3, 0.4) is 0 Å². The van der Waals surface area contributed by atoms with E-state index >= 15 is 0 Å². The number of pyridine rings is 1. The van der Waals surface area contributed by atoms with Crippen LogP contribution in [-0.4, -0.2) is 23.1 Å². The van der Waals surface area contributed by atoms with Crippen LogP contribution in [0.4, 0.5) is 5.13 Å². The SMILES string of the molecule is Cc1[nH]c(=O)c(C#N)cc1-c1csc(N2CCC(C)CC2)n1. The van der Waals surface area contributed by atoms with Gasteiger partial charge < -0.3 is 9.88 Å². The van der Waals surface area contributed by atoms with Crippen LogP contribution in [0.5, 0.6) is 0 Å². The second-order valence-corrected chi connectivity index (χ2v) is 6.68. The van der Waals surface area contributed by atoms with Gasteiger partial charge in [-0.2, -0.15) is 5.26 Å². The van der Waals surface area contributed by atoms with Crippen molar-refractivity contribution in [3.8, 4) is 17.3 Å². The fourth-order valence-electron chi connectivity index (χ4n) is 2.71. The molecule has 1 saturated heterocycles. The predicted molar refractivity (Wildman–Crippen MR) is 88.2 cm³/mol. The normalized spacial score (nSPS) is 15.8. The summed E-state index contributed by atoms with van der Waals surface area (Å²) in [6, 6.07) is 3.56. The molecule has 1 N–H and O–H groups in total. The summed E-state index contributed by atoms with van der Waals surface area (Å²) in [6.45, 7) is 6.21. The minimum absolute atomic E-state index is 0.127. The Kier molecular flexibility index (Phi) is 3.99. The molecule has 5 nitrogen and oxygen atoms in total. The average molecular weight is 314 g/mol. The first-order valence-electron chi connectivity index (χ1n) is 7.43. The van der Waals surface area contributed by atoms with E-state index in [0.717, 1.165) is 41.1 Å². The van der Waals surface area contributed by atoms with Crippen molar-refractivity contribution in [1.82, 2.24) is 9.97 Å². The van der Waals surface area contributed by atoms with E-state index in [1.807, 2.05) is 18.4 Å². The molecule has 2 aromatic rings. The molecular formula is C16H18N4OS. The largest absolute Gasteiger partial charge is 0.348 e. The number of aryl methyl sites for hydroxylation is 1. The van der Waals surface area contributed by atoms with Crippen molar-refractivity contribution in [2.24, 2.45) is 5.92 Å². The number of hydrogen-bond acceptors (Lipinski definition) is 5. The lowest BCUT2D eigenvalue weighted by Crippen LogP contribution is -2.32. The molecule has 0 aliphatic carbocycles. The monoisotopic (exact) mass is 314 g/mol. The highest BCUT2D eigenvalue weighted by atomic mass is 32.1. The highest BCUT2D eigenvalue weighted by Gasteiger charge is 2.19. The van der Waals surface area contributed by atoms with Gasteiger partial charge in [-0.3, -0.25) is 4.79 Å². The van der Waals surface area contributed by atoms with E-state index in [1.54, 1.807) is 17.4 Å². The molecule has 0 amide bonds. The summed E-state index contributed by atoms with van der Waals surface area (Å²) in [4.78, 5) is 21.4. The fourth-order valence-corrected chi connectivity index (χ4v) is 3.58. The van der Waals surface area contributed by atoms with Crippen molar-refractivity contribution in [3.63, 3.8) is 0 Å². The summed E-state index contributed by atoms with van der Waals surface area (Å²) in [5.74, 6) is 0.787. The molecule has 6 heteroatoms. The van der Waals surface area contributed by atoms with E-state index < -0.39 is 0 Å². The molecule has 0 aromatic carbocycles. The predicted octanol–water partition coefficient (Wildman–Crippen LogP) is 2.91. The molecule has 22 heavy (non-hydrogen) atoms. The molecular weight excluding hydrogens is 296 g/mol. The van der Waals surface area contributed by atoms with Crippen LogP contribution < -0.4 is 10.5 Å². The lowest BCUT2D eigenvalue weighted by Gasteiger charge is -2.29. The number of nitrogens with zero attached hydrogens (tertiary/aromatic N) is 3. The van der Waals surface area contributed by atoms with E-state index in [4.69, 9.17) is 10.2 Å². The molecule has 1 fully saturated rings. The third-order valence-corrected chi connectivity index (χ3v) is 5.08. The van der Waals surface area contributed by atoms with Gasteiger partial charge in [0.05, 0.1) is 5.69 Å². The minimum atomic E-state index is -0.343. The van der Waals surface area contributed by atoms with Crippen molar-refractivity contribution < 1.29 is 0 Å². The minimum Gasteiger partial charge on any atom is -0.348 e. The number of aromatic amines is 1. The number of nitriles is 1. The lowest BCUT2D eigenvalue weighted by molar-refractivity contribution is 0.438. The number of thiazole rings is 1. The first-order chi connectivity index (χ1) is 10.6. The maximum absolute atomic E-state index is 11.6. The first kappa shape index (κ1) is 14.8. The van der Waals surface area contributed by atoms with Gasteiger partial charge in [-0.1, -0.05) is 6.92 Å². The molecule has 1 aliphatic heterocycles. The highest BCUT2D eigenvalue weighted by molar-refractivity contribution is 7.14. The molecule has 2 aromatic heterocycles. The third kappa shape index (κ3) is 2.77. The number of rotatable bonds is 2. The van der Waals surface area contributed by atoms with Gasteiger partial charge in [-0.25, -0.2) is 4.98 Å². The van der Waals surface area contributed by atoms with Gasteiger partial charge in [0.25, 0.3) is 5.56 Å². The number of H-pyrrole nitrogens is 1. The number of piperidine rings is 1. The second-order valence-electron chi connectivity index (χ2n) is 5.85. The molecule has 3 heterocycles. The van der Waals surface area contributed by atoms with E-state index in [9.17, 15) is 4.79 Å². The Bertz CT molecular complexity index is 778. The molecule has 0 radical (unpaired) electrons. The Labute approximate surface area is 133 Å². The third-order valence-electron chi connectivity index (χ3n) is 4.18. The van der Waals surface area contributed by atoms with Gasteiger partial charge in [0.1, 0.15) is 11.6 Å². The van der Waals surface area contributed by atoms with Crippen molar-refractivity contribution in [2.75, 3.05) is 18.0 Å². The summed E-state index contributed by atoms with van der Waals surface area (Å²) >= 11 is 1.62. The maximum atomic E-state index is 11.6. The van der Waals surface area contributed by atoms with Crippen molar-refractivity contribution >= 4 is 16.5 Å². The maximum Gasteiger partial charge on any atom is 0.266 e. The zero-order valence-corrected chi connectivity index (χ0v) is 13.5. The Balaban J connectivity index is 1.91. The number of aromatic nitrogens is 2. The molecule has 0 bridgehead atoms. The van der Waals surface area contributed by atoms with Gasteiger partial charge in [-0.05, 0) is 31.7 Å². The fraction of sp³-hybridized carbons (Fsp3) is 0.438. The first-order valence-corrected chi connectivity index (χ1v) is 8.31.